The normalized spacial score (nSPS) is 15.1. The average Bonchev–Trinajstić information content (AvgIpc) is 2.69. The first kappa shape index (κ1) is 18.3. The molecule has 1 fully saturated rings. The van der Waals surface area contributed by atoms with Crippen molar-refractivity contribution in [3.05, 3.63) is 53.6 Å². The molecule has 6 nitrogen and oxygen atoms in total. The predicted octanol–water partition coefficient (Wildman–Crippen LogP) is 2.05. The van der Waals surface area contributed by atoms with Crippen LogP contribution >= 0.6 is 0 Å². The molecule has 1 N–H and O–H groups in total. The Morgan fingerprint density at radius 3 is 2.38 bits per heavy atom. The number of anilines is 1. The number of nitrogens with zero attached hydrogens (tertiary/aromatic N) is 4. The topological polar surface area (TPSA) is 61.4 Å². The molecular formula is C19H24FN5O. The van der Waals surface area contributed by atoms with E-state index in [1.54, 1.807) is 24.5 Å². The van der Waals surface area contributed by atoms with Crippen LogP contribution in [0.5, 0.6) is 0 Å². The maximum atomic E-state index is 12.9. The third kappa shape index (κ3) is 4.76. The number of aromatic nitrogens is 2. The number of rotatable bonds is 6. The molecule has 7 heteroatoms. The average molecular weight is 357 g/mol. The van der Waals surface area contributed by atoms with E-state index in [1.807, 2.05) is 4.90 Å². The molecule has 1 aromatic heterocycles. The van der Waals surface area contributed by atoms with Crippen molar-refractivity contribution in [1.82, 2.24) is 19.8 Å². The van der Waals surface area contributed by atoms with E-state index >= 15 is 0 Å². The molecule has 0 atom stereocenters. The molecule has 1 aromatic carbocycles. The maximum Gasteiger partial charge on any atom is 0.257 e. The fourth-order valence-electron chi connectivity index (χ4n) is 2.95. The number of hydrogen-bond acceptors (Lipinski definition) is 5. The van der Waals surface area contributed by atoms with Crippen LogP contribution in [0.15, 0.2) is 36.7 Å². The molecule has 3 rings (SSSR count). The van der Waals surface area contributed by atoms with Gasteiger partial charge >= 0.3 is 0 Å². The first-order valence-electron chi connectivity index (χ1n) is 8.97. The number of hydrogen-bond donors (Lipinski definition) is 1. The van der Waals surface area contributed by atoms with E-state index < -0.39 is 0 Å². The minimum absolute atomic E-state index is 0.0152. The molecular weight excluding hydrogens is 333 g/mol. The molecule has 0 bridgehead atoms. The number of likely N-dealkylation sites (N-methyl/N-ethyl adjacent to an activating group) is 1. The Bertz CT molecular complexity index is 712. The van der Waals surface area contributed by atoms with Gasteiger partial charge in [0.25, 0.3) is 5.91 Å². The zero-order valence-corrected chi connectivity index (χ0v) is 15.0. The lowest BCUT2D eigenvalue weighted by molar-refractivity contribution is 0.0642. The van der Waals surface area contributed by atoms with Crippen LogP contribution in [0.4, 0.5) is 10.3 Å². The standard InChI is InChI=1S/C19H24FN5O/c1-2-24-9-11-25(12-10-24)18(26)16-13-22-19(23-14-16)21-8-7-15-3-5-17(20)6-4-15/h3-6,13-14H,2,7-12H2,1H3,(H,21,22,23). The van der Waals surface area contributed by atoms with Crippen molar-refractivity contribution in [1.29, 1.82) is 0 Å². The van der Waals surface area contributed by atoms with Gasteiger partial charge in [0.05, 0.1) is 5.56 Å². The Morgan fingerprint density at radius 2 is 1.77 bits per heavy atom. The van der Waals surface area contributed by atoms with Crippen LogP contribution in [0.2, 0.25) is 0 Å². The second-order valence-electron chi connectivity index (χ2n) is 6.33. The monoisotopic (exact) mass is 357 g/mol. The Morgan fingerprint density at radius 1 is 1.12 bits per heavy atom. The van der Waals surface area contributed by atoms with Crippen LogP contribution < -0.4 is 5.32 Å². The zero-order valence-electron chi connectivity index (χ0n) is 15.0. The van der Waals surface area contributed by atoms with Crippen LogP contribution in [-0.2, 0) is 6.42 Å². The second kappa shape index (κ2) is 8.71. The number of amides is 1. The number of carbonyl (C=O) groups is 1. The van der Waals surface area contributed by atoms with Crippen LogP contribution in [-0.4, -0.2) is 64.9 Å². The molecule has 26 heavy (non-hydrogen) atoms. The third-order valence-corrected chi connectivity index (χ3v) is 4.62. The van der Waals surface area contributed by atoms with Crippen molar-refractivity contribution in [3.63, 3.8) is 0 Å². The molecule has 0 radical (unpaired) electrons. The minimum atomic E-state index is -0.235. The van der Waals surface area contributed by atoms with Crippen molar-refractivity contribution in [2.75, 3.05) is 44.6 Å². The Labute approximate surface area is 153 Å². The van der Waals surface area contributed by atoms with Crippen molar-refractivity contribution in [3.8, 4) is 0 Å². The lowest BCUT2D eigenvalue weighted by atomic mass is 10.1. The Kier molecular flexibility index (Phi) is 6.12. The van der Waals surface area contributed by atoms with Gasteiger partial charge in [-0.2, -0.15) is 0 Å². The van der Waals surface area contributed by atoms with Crippen LogP contribution in [0, 0.1) is 5.82 Å². The van der Waals surface area contributed by atoms with Crippen molar-refractivity contribution < 1.29 is 9.18 Å². The van der Waals surface area contributed by atoms with Gasteiger partial charge in [0.15, 0.2) is 0 Å². The lowest BCUT2D eigenvalue weighted by Gasteiger charge is -2.33. The Balaban J connectivity index is 1.48. The van der Waals surface area contributed by atoms with Gasteiger partial charge in [-0.3, -0.25) is 4.79 Å². The molecule has 1 aliphatic heterocycles. The molecule has 1 aliphatic rings. The largest absolute Gasteiger partial charge is 0.354 e. The van der Waals surface area contributed by atoms with Gasteiger partial charge in [0, 0.05) is 45.1 Å². The van der Waals surface area contributed by atoms with Crippen molar-refractivity contribution in [2.45, 2.75) is 13.3 Å². The zero-order chi connectivity index (χ0) is 18.4. The molecule has 1 saturated heterocycles. The number of benzene rings is 1. The van der Waals surface area contributed by atoms with Gasteiger partial charge in [-0.15, -0.1) is 0 Å². The van der Waals surface area contributed by atoms with Gasteiger partial charge in [-0.25, -0.2) is 14.4 Å². The van der Waals surface area contributed by atoms with Gasteiger partial charge in [-0.1, -0.05) is 19.1 Å². The number of halogens is 1. The first-order chi connectivity index (χ1) is 12.7. The molecule has 0 spiro atoms. The molecule has 138 valence electrons. The highest BCUT2D eigenvalue weighted by Gasteiger charge is 2.21. The number of carbonyl (C=O) groups excluding carboxylic acids is 1. The third-order valence-electron chi connectivity index (χ3n) is 4.62. The summed E-state index contributed by atoms with van der Waals surface area (Å²) in [5.41, 5.74) is 1.55. The van der Waals surface area contributed by atoms with E-state index in [0.717, 1.165) is 44.7 Å². The number of piperazine rings is 1. The summed E-state index contributed by atoms with van der Waals surface area (Å²) in [6.45, 7) is 7.08. The fourth-order valence-corrected chi connectivity index (χ4v) is 2.95. The summed E-state index contributed by atoms with van der Waals surface area (Å²) in [6, 6.07) is 6.43. The molecule has 0 aliphatic carbocycles. The summed E-state index contributed by atoms with van der Waals surface area (Å²) in [7, 11) is 0. The smallest absolute Gasteiger partial charge is 0.257 e. The highest BCUT2D eigenvalue weighted by molar-refractivity contribution is 5.93. The predicted molar refractivity (Wildman–Crippen MR) is 98.6 cm³/mol. The van der Waals surface area contributed by atoms with Crippen LogP contribution in [0.1, 0.15) is 22.8 Å². The van der Waals surface area contributed by atoms with Gasteiger partial charge < -0.3 is 15.1 Å². The molecule has 2 heterocycles. The summed E-state index contributed by atoms with van der Waals surface area (Å²) in [5.74, 6) is 0.236. The highest BCUT2D eigenvalue weighted by Crippen LogP contribution is 2.09. The molecule has 0 unspecified atom stereocenters. The first-order valence-corrected chi connectivity index (χ1v) is 8.97. The SMILES string of the molecule is CCN1CCN(C(=O)c2cnc(NCCc3ccc(F)cc3)nc2)CC1. The second-order valence-corrected chi connectivity index (χ2v) is 6.33. The van der Waals surface area contributed by atoms with Gasteiger partial charge in [-0.05, 0) is 30.7 Å². The fraction of sp³-hybridized carbons (Fsp3) is 0.421. The van der Waals surface area contributed by atoms with E-state index in [2.05, 4.69) is 27.1 Å². The van der Waals surface area contributed by atoms with E-state index in [4.69, 9.17) is 0 Å². The number of nitrogens with one attached hydrogen (secondary N) is 1. The van der Waals surface area contributed by atoms with Crippen molar-refractivity contribution in [2.24, 2.45) is 0 Å². The summed E-state index contributed by atoms with van der Waals surface area (Å²) < 4.78 is 12.9. The lowest BCUT2D eigenvalue weighted by Crippen LogP contribution is -2.48. The van der Waals surface area contributed by atoms with Gasteiger partial charge in [0.2, 0.25) is 5.95 Å². The minimum Gasteiger partial charge on any atom is -0.354 e. The molecule has 1 amide bonds. The summed E-state index contributed by atoms with van der Waals surface area (Å²) in [5, 5.41) is 3.12. The summed E-state index contributed by atoms with van der Waals surface area (Å²) in [4.78, 5) is 25.2. The quantitative estimate of drug-likeness (QED) is 0.857. The van der Waals surface area contributed by atoms with Crippen LogP contribution in [0.3, 0.4) is 0 Å². The van der Waals surface area contributed by atoms with E-state index in [-0.39, 0.29) is 11.7 Å². The van der Waals surface area contributed by atoms with E-state index in [9.17, 15) is 9.18 Å². The van der Waals surface area contributed by atoms with E-state index in [0.29, 0.717) is 18.1 Å². The van der Waals surface area contributed by atoms with Gasteiger partial charge in [0.1, 0.15) is 5.82 Å². The molecule has 2 aromatic rings. The highest BCUT2D eigenvalue weighted by atomic mass is 19.1. The maximum absolute atomic E-state index is 12.9. The summed E-state index contributed by atoms with van der Waals surface area (Å²) in [6.07, 6.45) is 3.88. The van der Waals surface area contributed by atoms with Crippen LogP contribution in [0.25, 0.3) is 0 Å². The van der Waals surface area contributed by atoms with Crippen molar-refractivity contribution >= 4 is 11.9 Å². The van der Waals surface area contributed by atoms with E-state index in [1.165, 1.54) is 12.1 Å². The Hall–Kier alpha value is -2.54. The summed E-state index contributed by atoms with van der Waals surface area (Å²) >= 11 is 0. The molecule has 0 saturated carbocycles.